The third-order valence-electron chi connectivity index (χ3n) is 8.92. The summed E-state index contributed by atoms with van der Waals surface area (Å²) in [6.45, 7) is 4.28. The van der Waals surface area contributed by atoms with E-state index in [0.29, 0.717) is 11.8 Å². The lowest BCUT2D eigenvalue weighted by Crippen LogP contribution is -2.40. The van der Waals surface area contributed by atoms with Crippen molar-refractivity contribution in [2.75, 3.05) is 6.61 Å². The van der Waals surface area contributed by atoms with Crippen molar-refractivity contribution in [3.05, 3.63) is 35.9 Å². The Kier molecular flexibility index (Phi) is 8.65. The Morgan fingerprint density at radius 2 is 1.65 bits per heavy atom. The van der Waals surface area contributed by atoms with Crippen LogP contribution in [0, 0.1) is 47.1 Å². The third kappa shape index (κ3) is 5.66. The first-order valence-corrected chi connectivity index (χ1v) is 13.4. The highest BCUT2D eigenvalue weighted by atomic mass is 19.2. The van der Waals surface area contributed by atoms with Crippen molar-refractivity contribution in [2.45, 2.75) is 84.5 Å². The minimum atomic E-state index is -1.16. The lowest BCUT2D eigenvalue weighted by molar-refractivity contribution is -0.144. The van der Waals surface area contributed by atoms with Gasteiger partial charge in [0.15, 0.2) is 11.5 Å². The van der Waals surface area contributed by atoms with E-state index < -0.39 is 17.6 Å². The molecule has 0 N–H and O–H groups in total. The molecule has 34 heavy (non-hydrogen) atoms. The first-order valence-electron chi connectivity index (χ1n) is 13.4. The average Bonchev–Trinajstić information content (AvgIpc) is 2.87. The van der Waals surface area contributed by atoms with Gasteiger partial charge in [-0.05, 0) is 87.2 Å². The van der Waals surface area contributed by atoms with E-state index in [1.54, 1.807) is 12.2 Å². The second kappa shape index (κ2) is 11.7. The van der Waals surface area contributed by atoms with Crippen LogP contribution in [-0.4, -0.2) is 12.6 Å². The van der Waals surface area contributed by atoms with E-state index in [0.717, 1.165) is 37.0 Å². The molecule has 3 nitrogen and oxygen atoms in total. The Morgan fingerprint density at radius 1 is 0.941 bits per heavy atom. The fraction of sp³-hybridized carbons (Fsp3) is 0.690. The van der Waals surface area contributed by atoms with E-state index in [1.165, 1.54) is 63.5 Å². The zero-order valence-electron chi connectivity index (χ0n) is 20.7. The highest BCUT2D eigenvalue weighted by Gasteiger charge is 2.43. The zero-order chi connectivity index (χ0) is 24.1. The summed E-state index contributed by atoms with van der Waals surface area (Å²) in [5.41, 5.74) is 0. The largest absolute Gasteiger partial charge is 0.486 e. The number of carbonyl (C=O) groups excluding carboxylic acids is 1. The molecule has 4 rings (SSSR count). The highest BCUT2D eigenvalue weighted by molar-refractivity contribution is 5.75. The predicted molar refractivity (Wildman–Crippen MR) is 130 cm³/mol. The van der Waals surface area contributed by atoms with E-state index in [-0.39, 0.29) is 24.0 Å². The quantitative estimate of drug-likeness (QED) is 0.229. The molecule has 0 spiro atoms. The maximum Gasteiger partial charge on any atom is 0.314 e. The number of fused-ring (bicyclic) bond motifs is 1. The van der Waals surface area contributed by atoms with Gasteiger partial charge in [0.1, 0.15) is 6.61 Å². The van der Waals surface area contributed by atoms with Gasteiger partial charge >= 0.3 is 5.97 Å². The molecule has 0 amide bonds. The fourth-order valence-electron chi connectivity index (χ4n) is 6.91. The number of hydrogen-bond donors (Lipinski definition) is 0. The van der Waals surface area contributed by atoms with Crippen LogP contribution in [-0.2, 0) is 4.79 Å². The van der Waals surface area contributed by atoms with Crippen molar-refractivity contribution in [1.82, 2.24) is 0 Å². The number of halogens is 2. The Bertz CT molecular complexity index is 859. The summed E-state index contributed by atoms with van der Waals surface area (Å²) < 4.78 is 39.7. The highest BCUT2D eigenvalue weighted by Crippen LogP contribution is 2.50. The molecular formula is C29H40F2O3. The molecular weight excluding hydrogens is 434 g/mol. The van der Waals surface area contributed by atoms with Gasteiger partial charge in [0.2, 0.25) is 11.6 Å². The molecule has 0 heterocycles. The van der Waals surface area contributed by atoms with Crippen LogP contribution < -0.4 is 9.47 Å². The number of ether oxygens (including phenoxy) is 2. The normalized spacial score (nSPS) is 31.8. The maximum absolute atomic E-state index is 14.6. The first kappa shape index (κ1) is 25.2. The summed E-state index contributed by atoms with van der Waals surface area (Å²) in [7, 11) is 0. The molecule has 3 saturated carbocycles. The van der Waals surface area contributed by atoms with E-state index >= 15 is 0 Å². The van der Waals surface area contributed by atoms with Gasteiger partial charge in [0.05, 0.1) is 5.92 Å². The standard InChI is InChI=1S/C29H40F2O3/c1-3-5-17-33-25-15-16-26(28(31)27(25)30)34-29(32)24-8-6-7-22-18-21(13-14-23(22)24)20-11-9-19(4-2)10-12-20/h3,5,15-16,19-24H,4,6-14,17-18H2,1-2H3/b5-3+. The fourth-order valence-corrected chi connectivity index (χ4v) is 6.91. The molecule has 0 radical (unpaired) electrons. The van der Waals surface area contributed by atoms with Gasteiger partial charge in [-0.15, -0.1) is 0 Å². The Balaban J connectivity index is 1.36. The monoisotopic (exact) mass is 474 g/mol. The summed E-state index contributed by atoms with van der Waals surface area (Å²) in [5, 5.41) is 0. The molecule has 0 bridgehead atoms. The van der Waals surface area contributed by atoms with Gasteiger partial charge in [-0.2, -0.15) is 8.78 Å². The van der Waals surface area contributed by atoms with Crippen molar-refractivity contribution in [3.63, 3.8) is 0 Å². The molecule has 0 aliphatic heterocycles. The second-order valence-corrected chi connectivity index (χ2v) is 10.7. The van der Waals surface area contributed by atoms with Crippen molar-refractivity contribution in [1.29, 1.82) is 0 Å². The minimum Gasteiger partial charge on any atom is -0.486 e. The van der Waals surface area contributed by atoms with Crippen LogP contribution in [0.1, 0.15) is 84.5 Å². The van der Waals surface area contributed by atoms with Crippen LogP contribution in [0.2, 0.25) is 0 Å². The van der Waals surface area contributed by atoms with Crippen LogP contribution in [0.15, 0.2) is 24.3 Å². The van der Waals surface area contributed by atoms with Crippen LogP contribution in [0.3, 0.4) is 0 Å². The SMILES string of the molecule is C/C=C/COc1ccc(OC(=O)C2CCCC3CC(C4CCC(CC)CC4)CCC32)c(F)c1F. The molecule has 3 fully saturated rings. The smallest absolute Gasteiger partial charge is 0.314 e. The molecule has 188 valence electrons. The molecule has 3 aliphatic rings. The van der Waals surface area contributed by atoms with Gasteiger partial charge in [-0.1, -0.05) is 51.2 Å². The molecule has 0 saturated heterocycles. The van der Waals surface area contributed by atoms with Crippen molar-refractivity contribution in [2.24, 2.45) is 35.5 Å². The summed E-state index contributed by atoms with van der Waals surface area (Å²) in [6, 6.07) is 2.62. The van der Waals surface area contributed by atoms with E-state index in [4.69, 9.17) is 9.47 Å². The van der Waals surface area contributed by atoms with Gasteiger partial charge in [0, 0.05) is 0 Å². The number of hydrogen-bond acceptors (Lipinski definition) is 3. The van der Waals surface area contributed by atoms with Gasteiger partial charge in [0.25, 0.3) is 0 Å². The van der Waals surface area contributed by atoms with Crippen LogP contribution >= 0.6 is 0 Å². The Labute approximate surface area is 203 Å². The molecule has 1 aromatic carbocycles. The van der Waals surface area contributed by atoms with Crippen LogP contribution in [0.25, 0.3) is 0 Å². The lowest BCUT2D eigenvalue weighted by Gasteiger charge is -2.46. The van der Waals surface area contributed by atoms with Gasteiger partial charge < -0.3 is 9.47 Å². The Morgan fingerprint density at radius 3 is 2.38 bits per heavy atom. The van der Waals surface area contributed by atoms with E-state index in [2.05, 4.69) is 6.92 Å². The topological polar surface area (TPSA) is 35.5 Å². The summed E-state index contributed by atoms with van der Waals surface area (Å²) >= 11 is 0. The van der Waals surface area contributed by atoms with Crippen LogP contribution in [0.4, 0.5) is 8.78 Å². The summed E-state index contributed by atoms with van der Waals surface area (Å²) in [6.07, 6.45) is 16.7. The maximum atomic E-state index is 14.6. The molecule has 1 aromatic rings. The van der Waals surface area contributed by atoms with E-state index in [9.17, 15) is 13.6 Å². The van der Waals surface area contributed by atoms with E-state index in [1.807, 2.05) is 6.92 Å². The molecule has 5 heteroatoms. The van der Waals surface area contributed by atoms with Crippen molar-refractivity contribution >= 4 is 5.97 Å². The number of carbonyl (C=O) groups is 1. The first-order chi connectivity index (χ1) is 16.5. The number of allylic oxidation sites excluding steroid dienone is 1. The average molecular weight is 475 g/mol. The van der Waals surface area contributed by atoms with Gasteiger partial charge in [-0.3, -0.25) is 4.79 Å². The second-order valence-electron chi connectivity index (χ2n) is 10.7. The summed E-state index contributed by atoms with van der Waals surface area (Å²) in [4.78, 5) is 13.1. The molecule has 0 aromatic heterocycles. The van der Waals surface area contributed by atoms with Gasteiger partial charge in [-0.25, -0.2) is 0 Å². The molecule has 4 unspecified atom stereocenters. The Hall–Kier alpha value is -1.91. The predicted octanol–water partition coefficient (Wildman–Crippen LogP) is 7.87. The lowest BCUT2D eigenvalue weighted by atomic mass is 9.59. The number of esters is 1. The number of rotatable bonds is 7. The molecule has 4 atom stereocenters. The third-order valence-corrected chi connectivity index (χ3v) is 8.92. The number of benzene rings is 1. The zero-order valence-corrected chi connectivity index (χ0v) is 20.7. The van der Waals surface area contributed by atoms with Crippen molar-refractivity contribution in [3.8, 4) is 11.5 Å². The summed E-state index contributed by atoms with van der Waals surface area (Å²) in [5.74, 6) is -0.0130. The van der Waals surface area contributed by atoms with Crippen molar-refractivity contribution < 1.29 is 23.0 Å². The minimum absolute atomic E-state index is 0.151. The van der Waals surface area contributed by atoms with Crippen LogP contribution in [0.5, 0.6) is 11.5 Å². The molecule has 3 aliphatic carbocycles.